The zero-order valence-electron chi connectivity index (χ0n) is 16.8. The van der Waals surface area contributed by atoms with Gasteiger partial charge in [0.2, 0.25) is 0 Å². The Balaban J connectivity index is 1.81. The topological polar surface area (TPSA) is 83.8 Å². The first-order valence-corrected chi connectivity index (χ1v) is 9.77. The van der Waals surface area contributed by atoms with Gasteiger partial charge in [0.1, 0.15) is 0 Å². The highest BCUT2D eigenvalue weighted by Crippen LogP contribution is 2.35. The van der Waals surface area contributed by atoms with Gasteiger partial charge in [-0.15, -0.1) is 0 Å². The highest BCUT2D eigenvalue weighted by Gasteiger charge is 2.33. The Bertz CT molecular complexity index is 758. The normalized spacial score (nSPS) is 21.3. The van der Waals surface area contributed by atoms with Crippen LogP contribution in [0.2, 0.25) is 0 Å². The molecule has 0 aromatic carbocycles. The highest BCUT2D eigenvalue weighted by molar-refractivity contribution is 5.89. The maximum absolute atomic E-state index is 6.47. The van der Waals surface area contributed by atoms with Gasteiger partial charge in [0.15, 0.2) is 0 Å². The number of pyridine rings is 1. The summed E-state index contributed by atoms with van der Waals surface area (Å²) in [6, 6.07) is 4.43. The fourth-order valence-corrected chi connectivity index (χ4v) is 4.32. The van der Waals surface area contributed by atoms with Crippen LogP contribution in [0, 0.1) is 12.8 Å². The lowest BCUT2D eigenvalue weighted by Crippen LogP contribution is -2.31. The van der Waals surface area contributed by atoms with Crippen molar-refractivity contribution < 1.29 is 0 Å². The molecule has 6 heteroatoms. The molecule has 1 atom stereocenters. The number of hydrogen-bond donors (Lipinski definition) is 2. The number of aromatic nitrogens is 1. The van der Waals surface area contributed by atoms with E-state index in [1.165, 1.54) is 25.7 Å². The monoisotopic (exact) mass is 368 g/mol. The lowest BCUT2D eigenvalue weighted by atomic mass is 9.93. The molecule has 27 heavy (non-hydrogen) atoms. The molecule has 2 heterocycles. The fourth-order valence-electron chi connectivity index (χ4n) is 4.32. The maximum Gasteiger partial charge on any atom is 0.0881 e. The Labute approximate surface area is 162 Å². The van der Waals surface area contributed by atoms with Crippen LogP contribution in [0.25, 0.3) is 11.8 Å². The second-order valence-electron chi connectivity index (χ2n) is 7.78. The second-order valence-corrected chi connectivity index (χ2v) is 7.78. The minimum atomic E-state index is 0.514. The Kier molecular flexibility index (Phi) is 5.85. The van der Waals surface area contributed by atoms with Gasteiger partial charge < -0.3 is 10.7 Å². The van der Waals surface area contributed by atoms with E-state index in [9.17, 15) is 0 Å². The second kappa shape index (κ2) is 8.13. The first-order chi connectivity index (χ1) is 12.9. The van der Waals surface area contributed by atoms with Crippen molar-refractivity contribution in [1.29, 1.82) is 0 Å². The summed E-state index contributed by atoms with van der Waals surface area (Å²) in [6.45, 7) is 5.77. The number of aryl methyl sites for hydroxylation is 1. The van der Waals surface area contributed by atoms with Crippen LogP contribution in [0.4, 0.5) is 0 Å². The zero-order chi connectivity index (χ0) is 19.6. The number of hydrogen-bond acceptors (Lipinski definition) is 6. The molecule has 1 aromatic rings. The molecule has 1 aliphatic carbocycles. The number of nitrogens with two attached hydrogens (primary N) is 2. The van der Waals surface area contributed by atoms with Crippen LogP contribution in [-0.4, -0.2) is 40.9 Å². The SMILES string of the molecule is C=Cc1ccc(/C(N)=C(\CC2=NN(C)C(C3CCCC3)C2)N(C)N)nc1C. The molecule has 146 valence electrons. The van der Waals surface area contributed by atoms with Gasteiger partial charge >= 0.3 is 0 Å². The van der Waals surface area contributed by atoms with Crippen LogP contribution in [0.5, 0.6) is 0 Å². The van der Waals surface area contributed by atoms with Crippen LogP contribution in [0.15, 0.2) is 29.5 Å². The third-order valence-corrected chi connectivity index (χ3v) is 5.90. The predicted octanol–water partition coefficient (Wildman–Crippen LogP) is 3.11. The van der Waals surface area contributed by atoms with Gasteiger partial charge in [0.25, 0.3) is 0 Å². The number of allylic oxidation sites excluding steroid dienone is 1. The van der Waals surface area contributed by atoms with Gasteiger partial charge in [-0.2, -0.15) is 5.10 Å². The molecule has 1 unspecified atom stereocenters. The van der Waals surface area contributed by atoms with Crippen molar-refractivity contribution in [3.63, 3.8) is 0 Å². The molecule has 1 aliphatic heterocycles. The van der Waals surface area contributed by atoms with Crippen LogP contribution in [0.1, 0.15) is 55.5 Å². The molecule has 3 rings (SSSR count). The Morgan fingerprint density at radius 1 is 1.37 bits per heavy atom. The van der Waals surface area contributed by atoms with Crippen molar-refractivity contribution in [2.45, 2.75) is 51.5 Å². The van der Waals surface area contributed by atoms with E-state index in [0.29, 0.717) is 18.2 Å². The van der Waals surface area contributed by atoms with Crippen molar-refractivity contribution in [2.75, 3.05) is 14.1 Å². The third-order valence-electron chi connectivity index (χ3n) is 5.90. The van der Waals surface area contributed by atoms with Gasteiger partial charge in [-0.25, -0.2) is 5.84 Å². The summed E-state index contributed by atoms with van der Waals surface area (Å²) < 4.78 is 0. The van der Waals surface area contributed by atoms with E-state index in [2.05, 4.69) is 23.6 Å². The van der Waals surface area contributed by atoms with Crippen molar-refractivity contribution >= 4 is 17.5 Å². The quantitative estimate of drug-likeness (QED) is 0.595. The molecule has 0 bridgehead atoms. The average molecular weight is 369 g/mol. The number of hydrazine groups is 1. The molecule has 4 N–H and O–H groups in total. The van der Waals surface area contributed by atoms with Crippen molar-refractivity contribution in [3.8, 4) is 0 Å². The molecular formula is C21H32N6. The van der Waals surface area contributed by atoms with Gasteiger partial charge in [0.05, 0.1) is 23.1 Å². The summed E-state index contributed by atoms with van der Waals surface area (Å²) in [5.41, 5.74) is 11.7. The predicted molar refractivity (Wildman–Crippen MR) is 112 cm³/mol. The van der Waals surface area contributed by atoms with Crippen LogP contribution in [0.3, 0.4) is 0 Å². The van der Waals surface area contributed by atoms with Crippen molar-refractivity contribution in [3.05, 3.63) is 41.4 Å². The van der Waals surface area contributed by atoms with Crippen molar-refractivity contribution in [1.82, 2.24) is 15.0 Å². The Morgan fingerprint density at radius 2 is 2.07 bits per heavy atom. The summed E-state index contributed by atoms with van der Waals surface area (Å²) in [5.74, 6) is 6.88. The van der Waals surface area contributed by atoms with Crippen LogP contribution < -0.4 is 11.6 Å². The molecule has 0 radical (unpaired) electrons. The molecule has 1 saturated carbocycles. The number of rotatable bonds is 6. The maximum atomic E-state index is 6.47. The van der Waals surface area contributed by atoms with E-state index in [1.54, 1.807) is 11.1 Å². The van der Waals surface area contributed by atoms with E-state index >= 15 is 0 Å². The standard InChI is InChI=1S/C21H32N6/c1-5-15-10-11-18(24-14(15)2)21(22)20(26(3)23)13-17-12-19(27(4)25-17)16-8-6-7-9-16/h5,10-11,16,19H,1,6-9,12-13,22-23H2,2-4H3/b21-20-. The summed E-state index contributed by atoms with van der Waals surface area (Å²) in [7, 11) is 3.91. The highest BCUT2D eigenvalue weighted by atomic mass is 15.5. The van der Waals surface area contributed by atoms with Crippen molar-refractivity contribution in [2.24, 2.45) is 22.6 Å². The molecule has 1 aromatic heterocycles. The smallest absolute Gasteiger partial charge is 0.0881 e. The molecule has 1 fully saturated rings. The molecule has 0 amide bonds. The third kappa shape index (κ3) is 4.16. The molecule has 2 aliphatic rings. The lowest BCUT2D eigenvalue weighted by Gasteiger charge is -2.24. The van der Waals surface area contributed by atoms with Crippen LogP contribution >= 0.6 is 0 Å². The van der Waals surface area contributed by atoms with E-state index < -0.39 is 0 Å². The lowest BCUT2D eigenvalue weighted by molar-refractivity contribution is 0.209. The average Bonchev–Trinajstić information content (AvgIpc) is 3.28. The van der Waals surface area contributed by atoms with Crippen LogP contribution in [-0.2, 0) is 0 Å². The van der Waals surface area contributed by atoms with E-state index in [-0.39, 0.29) is 0 Å². The molecule has 0 spiro atoms. The minimum absolute atomic E-state index is 0.514. The molecular weight excluding hydrogens is 336 g/mol. The Morgan fingerprint density at radius 3 is 2.67 bits per heavy atom. The summed E-state index contributed by atoms with van der Waals surface area (Å²) in [6.07, 6.45) is 8.77. The molecule has 0 saturated heterocycles. The fraction of sp³-hybridized carbons (Fsp3) is 0.524. The zero-order valence-corrected chi connectivity index (χ0v) is 16.8. The van der Waals surface area contributed by atoms with E-state index in [4.69, 9.17) is 16.7 Å². The first-order valence-electron chi connectivity index (χ1n) is 9.77. The number of hydrazone groups is 1. The largest absolute Gasteiger partial charge is 0.396 e. The van der Waals surface area contributed by atoms with Gasteiger partial charge in [-0.3, -0.25) is 9.99 Å². The summed E-state index contributed by atoms with van der Waals surface area (Å²) in [5, 5.41) is 8.55. The van der Waals surface area contributed by atoms with Gasteiger partial charge in [0, 0.05) is 38.3 Å². The summed E-state index contributed by atoms with van der Waals surface area (Å²) in [4.78, 5) is 4.63. The Hall–Kier alpha value is -2.34. The summed E-state index contributed by atoms with van der Waals surface area (Å²) >= 11 is 0. The van der Waals surface area contributed by atoms with Gasteiger partial charge in [-0.05, 0) is 37.3 Å². The van der Waals surface area contributed by atoms with Gasteiger partial charge in [-0.1, -0.05) is 31.6 Å². The minimum Gasteiger partial charge on any atom is -0.396 e. The van der Waals surface area contributed by atoms with E-state index in [0.717, 1.165) is 40.7 Å². The molecule has 6 nitrogen and oxygen atoms in total. The first kappa shape index (κ1) is 19.4. The van der Waals surface area contributed by atoms with E-state index in [1.807, 2.05) is 26.1 Å². The number of nitrogens with zero attached hydrogens (tertiary/aromatic N) is 4.